The lowest BCUT2D eigenvalue weighted by atomic mass is 10.2. The van der Waals surface area contributed by atoms with Gasteiger partial charge in [0.25, 0.3) is 0 Å². The van der Waals surface area contributed by atoms with Crippen LogP contribution in [0.1, 0.15) is 18.3 Å². The zero-order valence-electron chi connectivity index (χ0n) is 12.8. The molecule has 1 heterocycles. The average Bonchev–Trinajstić information content (AvgIpc) is 2.87. The molecule has 130 valence electrons. The number of nitrogens with zero attached hydrogens (tertiary/aromatic N) is 3. The molecule has 0 saturated heterocycles. The zero-order valence-corrected chi connectivity index (χ0v) is 14.3. The zero-order chi connectivity index (χ0) is 17.9. The van der Waals surface area contributed by atoms with Crippen molar-refractivity contribution in [3.8, 4) is 0 Å². The summed E-state index contributed by atoms with van der Waals surface area (Å²) in [4.78, 5) is 12.1. The average molecular weight is 379 g/mol. The first-order chi connectivity index (χ1) is 11.2. The molecule has 2 aromatic rings. The van der Waals surface area contributed by atoms with Crippen LogP contribution in [0.15, 0.2) is 29.4 Å². The lowest BCUT2D eigenvalue weighted by molar-refractivity contribution is -0.147. The second kappa shape index (κ2) is 7.43. The van der Waals surface area contributed by atoms with Crippen LogP contribution in [0.4, 0.5) is 13.2 Å². The number of rotatable bonds is 5. The molecule has 0 aliphatic carbocycles. The summed E-state index contributed by atoms with van der Waals surface area (Å²) >= 11 is 6.90. The molecule has 0 bridgehead atoms. The van der Waals surface area contributed by atoms with E-state index in [9.17, 15) is 18.0 Å². The summed E-state index contributed by atoms with van der Waals surface area (Å²) in [7, 11) is 1.21. The van der Waals surface area contributed by atoms with Gasteiger partial charge in [0, 0.05) is 18.6 Å². The fourth-order valence-corrected chi connectivity index (χ4v) is 2.89. The van der Waals surface area contributed by atoms with Crippen molar-refractivity contribution >= 4 is 29.3 Å². The van der Waals surface area contributed by atoms with E-state index in [1.165, 1.54) is 7.05 Å². The quantitative estimate of drug-likeness (QED) is 0.811. The number of amides is 1. The highest BCUT2D eigenvalue weighted by atomic mass is 35.5. The van der Waals surface area contributed by atoms with E-state index in [0.29, 0.717) is 5.02 Å². The summed E-state index contributed by atoms with van der Waals surface area (Å²) in [5.41, 5.74) is 0.753. The highest BCUT2D eigenvalue weighted by molar-refractivity contribution is 8.00. The van der Waals surface area contributed by atoms with E-state index in [-0.39, 0.29) is 17.6 Å². The molecule has 0 radical (unpaired) electrons. The normalized spacial score (nSPS) is 12.9. The van der Waals surface area contributed by atoms with Gasteiger partial charge in [0.05, 0.1) is 5.25 Å². The summed E-state index contributed by atoms with van der Waals surface area (Å²) in [6.45, 7) is 1.81. The van der Waals surface area contributed by atoms with Crippen LogP contribution >= 0.6 is 23.4 Å². The van der Waals surface area contributed by atoms with Crippen molar-refractivity contribution in [1.29, 1.82) is 0 Å². The Morgan fingerprint density at radius 3 is 2.62 bits per heavy atom. The number of nitrogens with one attached hydrogen (secondary N) is 1. The summed E-state index contributed by atoms with van der Waals surface area (Å²) in [6.07, 6.45) is -4.59. The van der Waals surface area contributed by atoms with Gasteiger partial charge >= 0.3 is 6.18 Å². The van der Waals surface area contributed by atoms with E-state index in [0.717, 1.165) is 21.9 Å². The van der Waals surface area contributed by atoms with Gasteiger partial charge in [-0.1, -0.05) is 41.6 Å². The van der Waals surface area contributed by atoms with Crippen LogP contribution in [0.3, 0.4) is 0 Å². The molecule has 0 aliphatic rings. The molecule has 1 aromatic heterocycles. The minimum Gasteiger partial charge on any atom is -0.351 e. The molecule has 1 aromatic carbocycles. The number of alkyl halides is 3. The maximum absolute atomic E-state index is 12.7. The van der Waals surface area contributed by atoms with Crippen molar-refractivity contribution in [2.75, 3.05) is 0 Å². The Kier molecular flexibility index (Phi) is 5.76. The van der Waals surface area contributed by atoms with Crippen LogP contribution in [0.2, 0.25) is 5.02 Å². The molecular weight excluding hydrogens is 365 g/mol. The maximum Gasteiger partial charge on any atom is 0.451 e. The largest absolute Gasteiger partial charge is 0.451 e. The SMILES string of the molecule is C[C@@H](Sc1nnc(C(F)(F)F)n1C)C(=O)NCc1ccccc1Cl. The number of halogens is 4. The number of thioether (sulfide) groups is 1. The van der Waals surface area contributed by atoms with Crippen molar-refractivity contribution in [2.24, 2.45) is 7.05 Å². The predicted molar refractivity (Wildman–Crippen MR) is 84.6 cm³/mol. The molecule has 5 nitrogen and oxygen atoms in total. The van der Waals surface area contributed by atoms with Crippen LogP contribution in [-0.4, -0.2) is 25.9 Å². The third kappa shape index (κ3) is 4.41. The number of carbonyl (C=O) groups is 1. The van der Waals surface area contributed by atoms with E-state index < -0.39 is 17.3 Å². The Hall–Kier alpha value is -1.74. The number of benzene rings is 1. The van der Waals surface area contributed by atoms with Gasteiger partial charge in [0.1, 0.15) is 0 Å². The van der Waals surface area contributed by atoms with Gasteiger partial charge in [-0.05, 0) is 18.6 Å². The van der Waals surface area contributed by atoms with Crippen molar-refractivity contribution in [3.05, 3.63) is 40.7 Å². The standard InChI is InChI=1S/C14H14ClF3N4OS/c1-8(11(23)19-7-9-5-3-4-6-10(9)15)24-13-21-20-12(22(13)2)14(16,17)18/h3-6,8H,7H2,1-2H3,(H,19,23)/t8-/m1/s1. The molecule has 1 amide bonds. The third-order valence-electron chi connectivity index (χ3n) is 3.15. The van der Waals surface area contributed by atoms with Crippen LogP contribution in [0.25, 0.3) is 0 Å². The Labute approximate surface area is 145 Å². The van der Waals surface area contributed by atoms with Gasteiger partial charge in [0.2, 0.25) is 11.7 Å². The molecule has 0 aliphatic heterocycles. The molecule has 0 saturated carbocycles. The van der Waals surface area contributed by atoms with Crippen molar-refractivity contribution in [2.45, 2.75) is 30.1 Å². The van der Waals surface area contributed by atoms with Crippen molar-refractivity contribution < 1.29 is 18.0 Å². The fraction of sp³-hybridized carbons (Fsp3) is 0.357. The molecule has 1 atom stereocenters. The summed E-state index contributed by atoms with van der Waals surface area (Å²) in [5, 5.41) is 9.21. The summed E-state index contributed by atoms with van der Waals surface area (Å²) in [6, 6.07) is 7.06. The Bertz CT molecular complexity index is 735. The molecular formula is C14H14ClF3N4OS. The topological polar surface area (TPSA) is 59.8 Å². The molecule has 0 spiro atoms. The molecule has 1 N–H and O–H groups in total. The number of hydrogen-bond acceptors (Lipinski definition) is 4. The van der Waals surface area contributed by atoms with Crippen LogP contribution in [0.5, 0.6) is 0 Å². The van der Waals surface area contributed by atoms with Gasteiger partial charge < -0.3 is 9.88 Å². The molecule has 10 heteroatoms. The fourth-order valence-electron chi connectivity index (χ4n) is 1.84. The van der Waals surface area contributed by atoms with Gasteiger partial charge in [-0.15, -0.1) is 10.2 Å². The summed E-state index contributed by atoms with van der Waals surface area (Å²) in [5.74, 6) is -1.44. The lowest BCUT2D eigenvalue weighted by Gasteiger charge is -2.12. The van der Waals surface area contributed by atoms with Gasteiger partial charge in [0.15, 0.2) is 5.16 Å². The minimum absolute atomic E-state index is 0.0164. The minimum atomic E-state index is -4.59. The van der Waals surface area contributed by atoms with Crippen molar-refractivity contribution in [1.82, 2.24) is 20.1 Å². The maximum atomic E-state index is 12.7. The monoisotopic (exact) mass is 378 g/mol. The van der Waals surface area contributed by atoms with E-state index >= 15 is 0 Å². The van der Waals surface area contributed by atoms with Gasteiger partial charge in [-0.25, -0.2) is 0 Å². The number of hydrogen-bond donors (Lipinski definition) is 1. The van der Waals surface area contributed by atoms with Gasteiger partial charge in [-0.3, -0.25) is 4.79 Å². The Balaban J connectivity index is 1.97. The van der Waals surface area contributed by atoms with E-state index in [4.69, 9.17) is 11.6 Å². The highest BCUT2D eigenvalue weighted by Crippen LogP contribution is 2.30. The van der Waals surface area contributed by atoms with Crippen molar-refractivity contribution in [3.63, 3.8) is 0 Å². The van der Waals surface area contributed by atoms with Crippen LogP contribution in [-0.2, 0) is 24.6 Å². The lowest BCUT2D eigenvalue weighted by Crippen LogP contribution is -2.30. The first kappa shape index (κ1) is 18.6. The Morgan fingerprint density at radius 2 is 2.04 bits per heavy atom. The molecule has 0 unspecified atom stereocenters. The molecule has 24 heavy (non-hydrogen) atoms. The van der Waals surface area contributed by atoms with Crippen LogP contribution < -0.4 is 5.32 Å². The van der Waals surface area contributed by atoms with E-state index in [1.807, 2.05) is 0 Å². The second-order valence-electron chi connectivity index (χ2n) is 4.93. The highest BCUT2D eigenvalue weighted by Gasteiger charge is 2.37. The summed E-state index contributed by atoms with van der Waals surface area (Å²) < 4.78 is 38.9. The van der Waals surface area contributed by atoms with Crippen LogP contribution in [0, 0.1) is 0 Å². The molecule has 2 rings (SSSR count). The first-order valence-electron chi connectivity index (χ1n) is 6.84. The van der Waals surface area contributed by atoms with E-state index in [2.05, 4.69) is 15.5 Å². The number of carbonyl (C=O) groups excluding carboxylic acids is 1. The Morgan fingerprint density at radius 1 is 1.38 bits per heavy atom. The smallest absolute Gasteiger partial charge is 0.351 e. The predicted octanol–water partition coefficient (Wildman–Crippen LogP) is 3.28. The third-order valence-corrected chi connectivity index (χ3v) is 4.65. The van der Waals surface area contributed by atoms with Gasteiger partial charge in [-0.2, -0.15) is 13.2 Å². The second-order valence-corrected chi connectivity index (χ2v) is 6.65. The number of aromatic nitrogens is 3. The van der Waals surface area contributed by atoms with E-state index in [1.54, 1.807) is 31.2 Å². The molecule has 0 fully saturated rings. The first-order valence-corrected chi connectivity index (χ1v) is 8.10.